The number of benzene rings is 1. The third-order valence-corrected chi connectivity index (χ3v) is 6.23. The van der Waals surface area contributed by atoms with Gasteiger partial charge in [-0.05, 0) is 17.2 Å². The van der Waals surface area contributed by atoms with Crippen LogP contribution in [0.15, 0.2) is 42.7 Å². The lowest BCUT2D eigenvalue weighted by molar-refractivity contribution is 0.0730. The molecule has 0 bridgehead atoms. The first-order valence-corrected chi connectivity index (χ1v) is 10.8. The van der Waals surface area contributed by atoms with Crippen LogP contribution in [0.5, 0.6) is 0 Å². The number of hydrogen-bond acceptors (Lipinski definition) is 5. The van der Waals surface area contributed by atoms with Crippen molar-refractivity contribution in [2.45, 2.75) is 13.1 Å². The molecule has 0 unspecified atom stereocenters. The van der Waals surface area contributed by atoms with E-state index in [-0.39, 0.29) is 12.3 Å². The van der Waals surface area contributed by atoms with Crippen LogP contribution in [0.3, 0.4) is 0 Å². The second kappa shape index (κ2) is 9.67. The van der Waals surface area contributed by atoms with Crippen molar-refractivity contribution in [1.82, 2.24) is 24.7 Å². The molecular formula is C18H25N5O4S. The van der Waals surface area contributed by atoms with E-state index in [0.717, 1.165) is 11.1 Å². The van der Waals surface area contributed by atoms with Gasteiger partial charge in [-0.25, -0.2) is 13.2 Å². The van der Waals surface area contributed by atoms with Crippen LogP contribution >= 0.6 is 0 Å². The Bertz CT molecular complexity index is 864. The summed E-state index contributed by atoms with van der Waals surface area (Å²) in [6.07, 6.45) is 3.62. The SMILES string of the molecule is O=C(NCCS(=O)(=O)N1CCOCC1)NCc1cccc(Cn2cccn2)c1. The van der Waals surface area contributed by atoms with Crippen LogP contribution in [-0.4, -0.2) is 67.1 Å². The molecule has 10 heteroatoms. The molecule has 1 aromatic carbocycles. The summed E-state index contributed by atoms with van der Waals surface area (Å²) < 4.78 is 32.8. The van der Waals surface area contributed by atoms with Gasteiger partial charge in [0.2, 0.25) is 10.0 Å². The van der Waals surface area contributed by atoms with Gasteiger partial charge in [0.1, 0.15) is 0 Å². The lowest BCUT2D eigenvalue weighted by Crippen LogP contribution is -2.44. The molecule has 2 N–H and O–H groups in total. The minimum atomic E-state index is -3.37. The molecule has 1 aliphatic rings. The van der Waals surface area contributed by atoms with Crippen LogP contribution in [0.2, 0.25) is 0 Å². The topological polar surface area (TPSA) is 106 Å². The Balaban J connectivity index is 1.40. The normalized spacial score (nSPS) is 15.3. The van der Waals surface area contributed by atoms with E-state index in [4.69, 9.17) is 4.74 Å². The second-order valence-electron chi connectivity index (χ2n) is 6.46. The lowest BCUT2D eigenvalue weighted by Gasteiger charge is -2.26. The van der Waals surface area contributed by atoms with E-state index in [1.807, 2.05) is 41.2 Å². The van der Waals surface area contributed by atoms with Crippen LogP contribution < -0.4 is 10.6 Å². The van der Waals surface area contributed by atoms with Crippen molar-refractivity contribution in [2.75, 3.05) is 38.6 Å². The van der Waals surface area contributed by atoms with Crippen molar-refractivity contribution in [3.05, 3.63) is 53.9 Å². The van der Waals surface area contributed by atoms with Gasteiger partial charge in [-0.1, -0.05) is 24.3 Å². The number of aromatic nitrogens is 2. The monoisotopic (exact) mass is 407 g/mol. The summed E-state index contributed by atoms with van der Waals surface area (Å²) in [6.45, 7) is 2.62. The van der Waals surface area contributed by atoms with Gasteiger partial charge in [-0.3, -0.25) is 4.68 Å². The number of sulfonamides is 1. The highest BCUT2D eigenvalue weighted by Crippen LogP contribution is 2.07. The maximum Gasteiger partial charge on any atom is 0.315 e. The van der Waals surface area contributed by atoms with Gasteiger partial charge in [0.15, 0.2) is 0 Å². The third kappa shape index (κ3) is 6.04. The molecule has 1 fully saturated rings. The summed E-state index contributed by atoms with van der Waals surface area (Å²) in [4.78, 5) is 12.0. The summed E-state index contributed by atoms with van der Waals surface area (Å²) >= 11 is 0. The number of nitrogens with zero attached hydrogens (tertiary/aromatic N) is 3. The summed E-state index contributed by atoms with van der Waals surface area (Å²) in [7, 11) is -3.37. The highest BCUT2D eigenvalue weighted by molar-refractivity contribution is 7.89. The highest BCUT2D eigenvalue weighted by atomic mass is 32.2. The molecule has 2 aromatic rings. The van der Waals surface area contributed by atoms with E-state index in [0.29, 0.717) is 39.4 Å². The first-order valence-electron chi connectivity index (χ1n) is 9.15. The maximum absolute atomic E-state index is 12.2. The number of hydrogen-bond donors (Lipinski definition) is 2. The molecule has 1 saturated heterocycles. The molecule has 2 amide bonds. The fourth-order valence-electron chi connectivity index (χ4n) is 2.91. The van der Waals surface area contributed by atoms with E-state index < -0.39 is 16.1 Å². The molecule has 1 aliphatic heterocycles. The number of nitrogens with one attached hydrogen (secondary N) is 2. The quantitative estimate of drug-likeness (QED) is 0.659. The van der Waals surface area contributed by atoms with E-state index in [9.17, 15) is 13.2 Å². The molecule has 2 heterocycles. The molecule has 0 aliphatic carbocycles. The molecule has 0 saturated carbocycles. The van der Waals surface area contributed by atoms with Crippen molar-refractivity contribution in [2.24, 2.45) is 0 Å². The van der Waals surface area contributed by atoms with Gasteiger partial charge < -0.3 is 15.4 Å². The lowest BCUT2D eigenvalue weighted by atomic mass is 10.1. The number of rotatable bonds is 8. The molecule has 28 heavy (non-hydrogen) atoms. The van der Waals surface area contributed by atoms with Crippen molar-refractivity contribution in [1.29, 1.82) is 0 Å². The average molecular weight is 407 g/mol. The van der Waals surface area contributed by atoms with Gasteiger partial charge in [0.05, 0.1) is 25.5 Å². The largest absolute Gasteiger partial charge is 0.379 e. The molecule has 152 valence electrons. The van der Waals surface area contributed by atoms with Crippen LogP contribution in [0.25, 0.3) is 0 Å². The van der Waals surface area contributed by atoms with E-state index in [1.165, 1.54) is 4.31 Å². The number of amides is 2. The van der Waals surface area contributed by atoms with E-state index in [2.05, 4.69) is 15.7 Å². The van der Waals surface area contributed by atoms with Crippen LogP contribution in [-0.2, 0) is 27.8 Å². The second-order valence-corrected chi connectivity index (χ2v) is 8.55. The fraction of sp³-hybridized carbons (Fsp3) is 0.444. The molecule has 0 spiro atoms. The molecule has 0 radical (unpaired) electrons. The number of carbonyl (C=O) groups is 1. The van der Waals surface area contributed by atoms with Crippen molar-refractivity contribution < 1.29 is 17.9 Å². The van der Waals surface area contributed by atoms with E-state index in [1.54, 1.807) is 6.20 Å². The highest BCUT2D eigenvalue weighted by Gasteiger charge is 2.23. The zero-order valence-electron chi connectivity index (χ0n) is 15.6. The minimum Gasteiger partial charge on any atom is -0.379 e. The van der Waals surface area contributed by atoms with Gasteiger partial charge in [-0.15, -0.1) is 0 Å². The number of ether oxygens (including phenoxy) is 1. The molecule has 0 atom stereocenters. The zero-order valence-corrected chi connectivity index (χ0v) is 16.4. The van der Waals surface area contributed by atoms with E-state index >= 15 is 0 Å². The minimum absolute atomic E-state index is 0.0604. The zero-order chi connectivity index (χ0) is 19.8. The van der Waals surface area contributed by atoms with Crippen LogP contribution in [0, 0.1) is 0 Å². The van der Waals surface area contributed by atoms with Gasteiger partial charge in [0, 0.05) is 38.6 Å². The Hall–Kier alpha value is -2.43. The summed E-state index contributed by atoms with van der Waals surface area (Å²) in [5, 5.41) is 9.53. The van der Waals surface area contributed by atoms with Gasteiger partial charge >= 0.3 is 6.03 Å². The third-order valence-electron chi connectivity index (χ3n) is 4.36. The van der Waals surface area contributed by atoms with Crippen LogP contribution in [0.4, 0.5) is 4.79 Å². The van der Waals surface area contributed by atoms with Gasteiger partial charge in [-0.2, -0.15) is 9.40 Å². The molecule has 9 nitrogen and oxygen atoms in total. The molecule has 1 aromatic heterocycles. The Morgan fingerprint density at radius 3 is 2.68 bits per heavy atom. The smallest absolute Gasteiger partial charge is 0.315 e. The van der Waals surface area contributed by atoms with Crippen LogP contribution in [0.1, 0.15) is 11.1 Å². The van der Waals surface area contributed by atoms with Crippen molar-refractivity contribution in [3.63, 3.8) is 0 Å². The Morgan fingerprint density at radius 1 is 1.14 bits per heavy atom. The first-order chi connectivity index (χ1) is 13.5. The standard InChI is InChI=1S/C18H25N5O4S/c24-18(19-6-12-28(25,26)23-8-10-27-11-9-23)20-14-16-3-1-4-17(13-16)15-22-7-2-5-21-22/h1-5,7,13H,6,8-12,14-15H2,(H2,19,20,24). The number of carbonyl (C=O) groups excluding carboxylic acids is 1. The first kappa shape index (κ1) is 20.3. The van der Waals surface area contributed by atoms with Crippen molar-refractivity contribution in [3.8, 4) is 0 Å². The van der Waals surface area contributed by atoms with Crippen molar-refractivity contribution >= 4 is 16.1 Å². The molecule has 3 rings (SSSR count). The Kier molecular flexibility index (Phi) is 7.01. The summed E-state index contributed by atoms with van der Waals surface area (Å²) in [5.41, 5.74) is 2.04. The molecular weight excluding hydrogens is 382 g/mol. The number of urea groups is 1. The summed E-state index contributed by atoms with van der Waals surface area (Å²) in [6, 6.07) is 9.34. The van der Waals surface area contributed by atoms with Gasteiger partial charge in [0.25, 0.3) is 0 Å². The Morgan fingerprint density at radius 2 is 1.93 bits per heavy atom. The Labute approximate surface area is 164 Å². The average Bonchev–Trinajstić information content (AvgIpc) is 3.20. The predicted molar refractivity (Wildman–Crippen MR) is 104 cm³/mol. The predicted octanol–water partition coefficient (Wildman–Crippen LogP) is 0.393. The summed E-state index contributed by atoms with van der Waals surface area (Å²) in [5.74, 6) is -0.125. The number of morpholine rings is 1. The maximum atomic E-state index is 12.2. The fourth-order valence-corrected chi connectivity index (χ4v) is 4.23.